The van der Waals surface area contributed by atoms with Crippen molar-refractivity contribution < 1.29 is 14.3 Å². The Labute approximate surface area is 138 Å². The summed E-state index contributed by atoms with van der Waals surface area (Å²) in [6, 6.07) is 5.86. The number of carbonyl (C=O) groups excluding carboxylic acids is 1. The van der Waals surface area contributed by atoms with Crippen LogP contribution >= 0.6 is 0 Å². The third-order valence-electron chi connectivity index (χ3n) is 4.88. The smallest absolute Gasteiger partial charge is 0.231 e. The van der Waals surface area contributed by atoms with Crippen molar-refractivity contribution in [3.63, 3.8) is 0 Å². The first-order valence-electron chi connectivity index (χ1n) is 8.24. The Balaban J connectivity index is 1.85. The van der Waals surface area contributed by atoms with Gasteiger partial charge in [0.25, 0.3) is 0 Å². The van der Waals surface area contributed by atoms with E-state index in [4.69, 9.17) is 9.47 Å². The minimum atomic E-state index is -0.0427. The molecule has 1 aromatic carbocycles. The summed E-state index contributed by atoms with van der Waals surface area (Å²) >= 11 is 0. The molecule has 0 N–H and O–H groups in total. The molecule has 1 amide bonds. The summed E-state index contributed by atoms with van der Waals surface area (Å²) in [5, 5.41) is 4.07. The van der Waals surface area contributed by atoms with E-state index in [0.29, 0.717) is 6.54 Å². The Morgan fingerprint density at radius 2 is 1.78 bits per heavy atom. The number of fused-ring (bicyclic) bond motifs is 1. The molecule has 1 aromatic rings. The second-order valence-electron chi connectivity index (χ2n) is 7.68. The van der Waals surface area contributed by atoms with Crippen molar-refractivity contribution in [3.8, 4) is 11.5 Å². The van der Waals surface area contributed by atoms with Gasteiger partial charge in [0.15, 0.2) is 11.5 Å². The van der Waals surface area contributed by atoms with Gasteiger partial charge in [-0.15, -0.1) is 0 Å². The van der Waals surface area contributed by atoms with E-state index in [1.807, 2.05) is 23.2 Å². The summed E-state index contributed by atoms with van der Waals surface area (Å²) in [5.41, 5.74) is 0.955. The minimum Gasteiger partial charge on any atom is -0.454 e. The molecule has 2 aliphatic rings. The standard InChI is InChI=1S/C18H26N2O3/c1-17(2)8-5-9-18(3,4)20(17)19(12-21)11-14-6-7-15-16(10-14)23-13-22-15/h6-7,10,12H,5,8-9,11,13H2,1-4H3. The summed E-state index contributed by atoms with van der Waals surface area (Å²) in [7, 11) is 0. The van der Waals surface area contributed by atoms with Gasteiger partial charge in [-0.2, -0.15) is 0 Å². The number of hydrazine groups is 1. The van der Waals surface area contributed by atoms with Gasteiger partial charge < -0.3 is 9.47 Å². The highest BCUT2D eigenvalue weighted by atomic mass is 16.7. The Bertz CT molecular complexity index is 582. The molecule has 1 fully saturated rings. The van der Waals surface area contributed by atoms with E-state index in [0.717, 1.165) is 36.3 Å². The van der Waals surface area contributed by atoms with Crippen LogP contribution in [0.25, 0.3) is 0 Å². The summed E-state index contributed by atoms with van der Waals surface area (Å²) in [4.78, 5) is 11.8. The molecule has 0 aliphatic carbocycles. The number of hydrogen-bond acceptors (Lipinski definition) is 4. The van der Waals surface area contributed by atoms with Gasteiger partial charge in [-0.3, -0.25) is 9.80 Å². The molecule has 0 radical (unpaired) electrons. The lowest BCUT2D eigenvalue weighted by Gasteiger charge is -2.56. The highest BCUT2D eigenvalue weighted by molar-refractivity contribution is 5.49. The van der Waals surface area contributed by atoms with Crippen molar-refractivity contribution in [2.75, 3.05) is 6.79 Å². The third-order valence-corrected chi connectivity index (χ3v) is 4.88. The Kier molecular flexibility index (Phi) is 4.00. The third kappa shape index (κ3) is 3.02. The SMILES string of the molecule is CC1(C)CCCC(C)(C)N1N(C=O)Cc1ccc2c(c1)OCO2. The van der Waals surface area contributed by atoms with E-state index >= 15 is 0 Å². The molecule has 0 atom stereocenters. The highest BCUT2D eigenvalue weighted by Crippen LogP contribution is 2.40. The molecule has 0 spiro atoms. The number of carbonyl (C=O) groups is 1. The number of nitrogens with zero attached hydrogens (tertiary/aromatic N) is 2. The second-order valence-corrected chi connectivity index (χ2v) is 7.68. The maximum absolute atomic E-state index is 11.8. The van der Waals surface area contributed by atoms with Crippen LogP contribution in [-0.4, -0.2) is 34.3 Å². The average molecular weight is 318 g/mol. The first-order chi connectivity index (χ1) is 10.8. The van der Waals surface area contributed by atoms with Crippen LogP contribution in [0.3, 0.4) is 0 Å². The van der Waals surface area contributed by atoms with Crippen LogP contribution in [0.15, 0.2) is 18.2 Å². The number of ether oxygens (including phenoxy) is 2. The number of hydrogen-bond donors (Lipinski definition) is 0. The van der Waals surface area contributed by atoms with E-state index in [-0.39, 0.29) is 17.9 Å². The largest absolute Gasteiger partial charge is 0.454 e. The summed E-state index contributed by atoms with van der Waals surface area (Å²) < 4.78 is 10.8. The quantitative estimate of drug-likeness (QED) is 0.799. The highest BCUT2D eigenvalue weighted by Gasteiger charge is 2.44. The molecule has 0 saturated carbocycles. The van der Waals surface area contributed by atoms with Gasteiger partial charge in [0.05, 0.1) is 6.54 Å². The maximum atomic E-state index is 11.8. The van der Waals surface area contributed by atoms with E-state index < -0.39 is 0 Å². The van der Waals surface area contributed by atoms with Gasteiger partial charge in [-0.05, 0) is 64.7 Å². The molecule has 0 unspecified atom stereocenters. The lowest BCUT2D eigenvalue weighted by Crippen LogP contribution is -2.64. The van der Waals surface area contributed by atoms with Crippen LogP contribution in [0, 0.1) is 0 Å². The van der Waals surface area contributed by atoms with Crippen LogP contribution < -0.4 is 9.47 Å². The number of piperidine rings is 1. The van der Waals surface area contributed by atoms with Crippen LogP contribution in [0.4, 0.5) is 0 Å². The van der Waals surface area contributed by atoms with Crippen molar-refractivity contribution in [2.24, 2.45) is 0 Å². The molecule has 3 rings (SSSR count). The fourth-order valence-electron chi connectivity index (χ4n) is 4.06. The van der Waals surface area contributed by atoms with Crippen molar-refractivity contribution in [1.29, 1.82) is 0 Å². The van der Waals surface area contributed by atoms with Crippen molar-refractivity contribution in [3.05, 3.63) is 23.8 Å². The predicted octanol–water partition coefficient (Wildman–Crippen LogP) is 3.33. The van der Waals surface area contributed by atoms with Crippen LogP contribution in [-0.2, 0) is 11.3 Å². The maximum Gasteiger partial charge on any atom is 0.231 e. The topological polar surface area (TPSA) is 42.0 Å². The van der Waals surface area contributed by atoms with E-state index in [9.17, 15) is 4.79 Å². The normalized spacial score (nSPS) is 21.9. The molecule has 5 nitrogen and oxygen atoms in total. The van der Waals surface area contributed by atoms with E-state index in [2.05, 4.69) is 32.7 Å². The number of rotatable bonds is 4. The lowest BCUT2D eigenvalue weighted by atomic mass is 9.81. The Hall–Kier alpha value is -1.75. The molecule has 2 heterocycles. The lowest BCUT2D eigenvalue weighted by molar-refractivity contribution is -0.188. The molecular formula is C18H26N2O3. The van der Waals surface area contributed by atoms with Gasteiger partial charge in [0.1, 0.15) is 0 Å². The zero-order chi connectivity index (χ0) is 16.7. The molecular weight excluding hydrogens is 292 g/mol. The predicted molar refractivity (Wildman–Crippen MR) is 88.0 cm³/mol. The van der Waals surface area contributed by atoms with Gasteiger partial charge in [-0.1, -0.05) is 6.07 Å². The fraction of sp³-hybridized carbons (Fsp3) is 0.611. The Morgan fingerprint density at radius 1 is 1.13 bits per heavy atom. The van der Waals surface area contributed by atoms with Gasteiger partial charge in [-0.25, -0.2) is 5.01 Å². The summed E-state index contributed by atoms with van der Waals surface area (Å²) in [6.07, 6.45) is 4.30. The van der Waals surface area contributed by atoms with Gasteiger partial charge in [0, 0.05) is 11.1 Å². The van der Waals surface area contributed by atoms with Crippen LogP contribution in [0.1, 0.15) is 52.5 Å². The van der Waals surface area contributed by atoms with Crippen molar-refractivity contribution in [2.45, 2.75) is 64.6 Å². The second kappa shape index (κ2) is 5.71. The van der Waals surface area contributed by atoms with Crippen molar-refractivity contribution in [1.82, 2.24) is 10.0 Å². The minimum absolute atomic E-state index is 0.0427. The van der Waals surface area contributed by atoms with Crippen molar-refractivity contribution >= 4 is 6.41 Å². The number of amides is 1. The van der Waals surface area contributed by atoms with E-state index in [1.54, 1.807) is 0 Å². The molecule has 0 aromatic heterocycles. The summed E-state index contributed by atoms with van der Waals surface area (Å²) in [6.45, 7) is 9.65. The van der Waals surface area contributed by atoms with Crippen LogP contribution in [0.5, 0.6) is 11.5 Å². The molecule has 126 valence electrons. The molecule has 23 heavy (non-hydrogen) atoms. The van der Waals surface area contributed by atoms with Gasteiger partial charge in [0.2, 0.25) is 13.2 Å². The van der Waals surface area contributed by atoms with E-state index in [1.165, 1.54) is 6.42 Å². The van der Waals surface area contributed by atoms with Crippen LogP contribution in [0.2, 0.25) is 0 Å². The monoisotopic (exact) mass is 318 g/mol. The van der Waals surface area contributed by atoms with Gasteiger partial charge >= 0.3 is 0 Å². The fourth-order valence-corrected chi connectivity index (χ4v) is 4.06. The molecule has 2 aliphatic heterocycles. The Morgan fingerprint density at radius 3 is 2.43 bits per heavy atom. The molecule has 1 saturated heterocycles. The number of benzene rings is 1. The zero-order valence-electron chi connectivity index (χ0n) is 14.5. The summed E-state index contributed by atoms with van der Waals surface area (Å²) in [5.74, 6) is 1.52. The molecule has 0 bridgehead atoms. The molecule has 5 heteroatoms. The first-order valence-corrected chi connectivity index (χ1v) is 8.24. The average Bonchev–Trinajstić information content (AvgIpc) is 2.92. The first kappa shape index (κ1) is 16.1. The zero-order valence-corrected chi connectivity index (χ0v) is 14.5.